The van der Waals surface area contributed by atoms with E-state index < -0.39 is 5.60 Å². The third-order valence-electron chi connectivity index (χ3n) is 3.13. The largest absolute Gasteiger partial charge is 0.444 e. The van der Waals surface area contributed by atoms with Crippen LogP contribution in [0.3, 0.4) is 0 Å². The summed E-state index contributed by atoms with van der Waals surface area (Å²) in [6, 6.07) is 8.30. The normalized spacial score (nSPS) is 11.3. The molecule has 0 radical (unpaired) electrons. The van der Waals surface area contributed by atoms with Crippen molar-refractivity contribution in [3.63, 3.8) is 0 Å². The lowest BCUT2D eigenvalue weighted by Crippen LogP contribution is -2.32. The Morgan fingerprint density at radius 1 is 1.04 bits per heavy atom. The minimum absolute atomic E-state index is 0.323. The van der Waals surface area contributed by atoms with Crippen LogP contribution in [0.4, 0.5) is 4.79 Å². The first-order valence-electron chi connectivity index (χ1n) is 8.49. The fourth-order valence-electron chi connectivity index (χ4n) is 1.99. The summed E-state index contributed by atoms with van der Waals surface area (Å²) in [4.78, 5) is 12.7. The third kappa shape index (κ3) is 11.8. The van der Waals surface area contributed by atoms with E-state index in [1.165, 1.54) is 24.2 Å². The number of ether oxygens (including phenoxy) is 1. The quantitative estimate of drug-likeness (QED) is 0.389. The highest BCUT2D eigenvalue weighted by Crippen LogP contribution is 2.18. The Kier molecular flexibility index (Phi) is 10.5. The predicted octanol–water partition coefficient (Wildman–Crippen LogP) is 5.52. The van der Waals surface area contributed by atoms with Crippen LogP contribution in [-0.4, -0.2) is 24.8 Å². The number of unbranched alkanes of at least 4 members (excludes halogenated alkanes) is 4. The van der Waals surface area contributed by atoms with Crippen LogP contribution in [0.1, 0.15) is 52.9 Å². The Morgan fingerprint density at radius 3 is 2.25 bits per heavy atom. The molecule has 0 heterocycles. The average molecular weight is 417 g/mol. The van der Waals surface area contributed by atoms with Crippen molar-refractivity contribution < 1.29 is 9.53 Å². The molecule has 0 unspecified atom stereocenters. The third-order valence-corrected chi connectivity index (χ3v) is 4.51. The number of hydrogen-bond acceptors (Lipinski definition) is 4. The van der Waals surface area contributed by atoms with Gasteiger partial charge in [0.1, 0.15) is 5.60 Å². The molecule has 0 saturated heterocycles. The van der Waals surface area contributed by atoms with E-state index in [2.05, 4.69) is 50.2 Å². The Bertz CT molecular complexity index is 475. The molecule has 1 aromatic carbocycles. The van der Waals surface area contributed by atoms with Crippen molar-refractivity contribution in [2.45, 2.75) is 63.4 Å². The zero-order valence-corrected chi connectivity index (χ0v) is 17.3. The standard InChI is InChI=1S/C18H29BrN2O2S/c1-18(2,3)23-17(22)20-13-7-5-4-6-8-14-21-24-16-11-9-15(19)10-12-16/h9-12,21H,4-8,13-14H2,1-3H3,(H,20,22). The van der Waals surface area contributed by atoms with E-state index in [0.29, 0.717) is 6.54 Å². The van der Waals surface area contributed by atoms with Gasteiger partial charge in [0.2, 0.25) is 0 Å². The first kappa shape index (κ1) is 21.3. The highest BCUT2D eigenvalue weighted by molar-refractivity contribution is 9.10. The van der Waals surface area contributed by atoms with Gasteiger partial charge in [0, 0.05) is 22.5 Å². The zero-order chi connectivity index (χ0) is 17.8. The molecule has 0 fully saturated rings. The second-order valence-corrected chi connectivity index (χ2v) is 8.53. The van der Waals surface area contributed by atoms with E-state index in [1.54, 1.807) is 11.9 Å². The molecule has 0 atom stereocenters. The first-order chi connectivity index (χ1) is 11.4. The van der Waals surface area contributed by atoms with Gasteiger partial charge in [-0.05, 0) is 69.8 Å². The zero-order valence-electron chi connectivity index (χ0n) is 14.9. The van der Waals surface area contributed by atoms with Crippen molar-refractivity contribution >= 4 is 34.0 Å². The summed E-state index contributed by atoms with van der Waals surface area (Å²) in [6.45, 7) is 7.31. The van der Waals surface area contributed by atoms with Crippen LogP contribution in [0.5, 0.6) is 0 Å². The highest BCUT2D eigenvalue weighted by Gasteiger charge is 2.15. The Morgan fingerprint density at radius 2 is 1.62 bits per heavy atom. The number of amides is 1. The van der Waals surface area contributed by atoms with Gasteiger partial charge < -0.3 is 10.1 Å². The minimum Gasteiger partial charge on any atom is -0.444 e. The van der Waals surface area contributed by atoms with Crippen LogP contribution in [0.25, 0.3) is 0 Å². The van der Waals surface area contributed by atoms with E-state index in [0.717, 1.165) is 23.9 Å². The number of rotatable bonds is 10. The lowest BCUT2D eigenvalue weighted by molar-refractivity contribution is 0.0527. The van der Waals surface area contributed by atoms with E-state index >= 15 is 0 Å². The molecule has 24 heavy (non-hydrogen) atoms. The van der Waals surface area contributed by atoms with Gasteiger partial charge in [-0.3, -0.25) is 4.72 Å². The Labute approximate surface area is 158 Å². The van der Waals surface area contributed by atoms with Crippen LogP contribution < -0.4 is 10.0 Å². The number of alkyl carbamates (subject to hydrolysis) is 1. The fraction of sp³-hybridized carbons (Fsp3) is 0.611. The maximum absolute atomic E-state index is 11.5. The van der Waals surface area contributed by atoms with Crippen molar-refractivity contribution in [1.29, 1.82) is 0 Å². The summed E-state index contributed by atoms with van der Waals surface area (Å²) in [5.41, 5.74) is -0.425. The summed E-state index contributed by atoms with van der Waals surface area (Å²) < 4.78 is 9.68. The number of halogens is 1. The number of hydrogen-bond donors (Lipinski definition) is 2. The molecule has 0 aliphatic rings. The van der Waals surface area contributed by atoms with Gasteiger partial charge in [-0.25, -0.2) is 4.79 Å². The van der Waals surface area contributed by atoms with Gasteiger partial charge in [-0.1, -0.05) is 35.2 Å². The van der Waals surface area contributed by atoms with Crippen molar-refractivity contribution in [2.24, 2.45) is 0 Å². The number of carbonyl (C=O) groups is 1. The summed E-state index contributed by atoms with van der Waals surface area (Å²) in [5, 5.41) is 2.79. The number of carbonyl (C=O) groups excluding carboxylic acids is 1. The summed E-state index contributed by atoms with van der Waals surface area (Å²) in [5.74, 6) is 0. The molecule has 4 nitrogen and oxygen atoms in total. The van der Waals surface area contributed by atoms with E-state index in [9.17, 15) is 4.79 Å². The molecule has 0 aliphatic heterocycles. The van der Waals surface area contributed by atoms with Gasteiger partial charge in [-0.15, -0.1) is 0 Å². The molecule has 1 amide bonds. The fourth-order valence-corrected chi connectivity index (χ4v) is 2.94. The van der Waals surface area contributed by atoms with Crippen LogP contribution in [0.2, 0.25) is 0 Å². The van der Waals surface area contributed by atoms with Gasteiger partial charge in [0.25, 0.3) is 0 Å². The SMILES string of the molecule is CC(C)(C)OC(=O)NCCCCCCCNSc1ccc(Br)cc1. The van der Waals surface area contributed by atoms with E-state index in [-0.39, 0.29) is 6.09 Å². The van der Waals surface area contributed by atoms with Crippen LogP contribution >= 0.6 is 27.9 Å². The molecule has 0 aliphatic carbocycles. The molecule has 2 N–H and O–H groups in total. The summed E-state index contributed by atoms with van der Waals surface area (Å²) in [7, 11) is 0. The monoisotopic (exact) mass is 416 g/mol. The highest BCUT2D eigenvalue weighted by atomic mass is 79.9. The van der Waals surface area contributed by atoms with Gasteiger partial charge in [-0.2, -0.15) is 0 Å². The van der Waals surface area contributed by atoms with Crippen molar-refractivity contribution in [1.82, 2.24) is 10.0 Å². The van der Waals surface area contributed by atoms with Crippen LogP contribution in [-0.2, 0) is 4.74 Å². The second-order valence-electron chi connectivity index (χ2n) is 6.65. The molecule has 6 heteroatoms. The van der Waals surface area contributed by atoms with E-state index in [1.807, 2.05) is 20.8 Å². The average Bonchev–Trinajstić information content (AvgIpc) is 2.49. The number of nitrogens with one attached hydrogen (secondary N) is 2. The Balaban J connectivity index is 1.88. The van der Waals surface area contributed by atoms with Gasteiger partial charge in [0.05, 0.1) is 0 Å². The molecule has 0 saturated carbocycles. The summed E-state index contributed by atoms with van der Waals surface area (Å²) >= 11 is 5.11. The molecular weight excluding hydrogens is 388 g/mol. The van der Waals surface area contributed by atoms with Crippen molar-refractivity contribution in [3.05, 3.63) is 28.7 Å². The number of benzene rings is 1. The first-order valence-corrected chi connectivity index (χ1v) is 10.1. The molecule has 0 aromatic heterocycles. The minimum atomic E-state index is -0.425. The molecule has 0 spiro atoms. The Hall–Kier alpha value is -0.720. The molecule has 136 valence electrons. The topological polar surface area (TPSA) is 50.4 Å². The lowest BCUT2D eigenvalue weighted by atomic mass is 10.1. The maximum Gasteiger partial charge on any atom is 0.407 e. The molecule has 0 bridgehead atoms. The van der Waals surface area contributed by atoms with Crippen molar-refractivity contribution in [3.8, 4) is 0 Å². The summed E-state index contributed by atoms with van der Waals surface area (Å²) in [6.07, 6.45) is 5.39. The van der Waals surface area contributed by atoms with Crippen LogP contribution in [0.15, 0.2) is 33.6 Å². The van der Waals surface area contributed by atoms with Gasteiger partial charge >= 0.3 is 6.09 Å². The second kappa shape index (κ2) is 11.8. The molecular formula is C18H29BrN2O2S. The predicted molar refractivity (Wildman–Crippen MR) is 105 cm³/mol. The van der Waals surface area contributed by atoms with Crippen LogP contribution in [0, 0.1) is 0 Å². The molecule has 1 rings (SSSR count). The molecule has 1 aromatic rings. The van der Waals surface area contributed by atoms with E-state index in [4.69, 9.17) is 4.74 Å². The van der Waals surface area contributed by atoms with Crippen molar-refractivity contribution in [2.75, 3.05) is 13.1 Å². The lowest BCUT2D eigenvalue weighted by Gasteiger charge is -2.19. The van der Waals surface area contributed by atoms with Gasteiger partial charge in [0.15, 0.2) is 0 Å². The smallest absolute Gasteiger partial charge is 0.407 e. The maximum atomic E-state index is 11.5.